The Kier molecular flexibility index (Phi) is 6.45. The molecule has 10 nitrogen and oxygen atoms in total. The molecular formula is C21H22N4O6. The van der Waals surface area contributed by atoms with E-state index in [2.05, 4.69) is 10.6 Å². The van der Waals surface area contributed by atoms with E-state index in [0.29, 0.717) is 6.42 Å². The lowest BCUT2D eigenvalue weighted by Crippen LogP contribution is -2.51. The molecule has 1 aliphatic rings. The Hall–Kier alpha value is -4.00. The fourth-order valence-corrected chi connectivity index (χ4v) is 3.32. The number of furan rings is 1. The highest BCUT2D eigenvalue weighted by molar-refractivity contribution is 5.96. The molecule has 0 spiro atoms. The first kappa shape index (κ1) is 21.7. The van der Waals surface area contributed by atoms with Crippen molar-refractivity contribution in [3.63, 3.8) is 0 Å². The Morgan fingerprint density at radius 1 is 1.23 bits per heavy atom. The molecule has 2 aromatic rings. The minimum absolute atomic E-state index is 0.0169. The standard InChI is InChI=1S/C21H22N4O6/c1-4-14-17(20(27)29-5-2)15(24-21(28)23-14)11-30-19(26)16-12(3)31-18(13(16)10-22)25-8-6-7-9-25/h6-9,14H,4-5,11H2,1-3H3,(H2,23,24,28). The average molecular weight is 426 g/mol. The Labute approximate surface area is 178 Å². The molecular weight excluding hydrogens is 404 g/mol. The highest BCUT2D eigenvalue weighted by Gasteiger charge is 2.33. The van der Waals surface area contributed by atoms with Gasteiger partial charge in [-0.15, -0.1) is 0 Å². The number of nitrogens with one attached hydrogen (secondary N) is 2. The fourth-order valence-electron chi connectivity index (χ4n) is 3.32. The van der Waals surface area contributed by atoms with Crippen LogP contribution in [0.15, 0.2) is 40.2 Å². The van der Waals surface area contributed by atoms with Crippen molar-refractivity contribution < 1.29 is 28.3 Å². The van der Waals surface area contributed by atoms with Crippen LogP contribution in [0.3, 0.4) is 0 Å². The van der Waals surface area contributed by atoms with E-state index in [0.717, 1.165) is 0 Å². The Morgan fingerprint density at radius 3 is 2.55 bits per heavy atom. The van der Waals surface area contributed by atoms with Crippen molar-refractivity contribution in [3.8, 4) is 12.0 Å². The first-order chi connectivity index (χ1) is 14.9. The average Bonchev–Trinajstić information content (AvgIpc) is 3.38. The molecule has 2 N–H and O–H groups in total. The SMILES string of the molecule is CCOC(=O)C1=C(COC(=O)c2c(C)oc(-n3cccc3)c2C#N)NC(=O)NC1CC. The van der Waals surface area contributed by atoms with Crippen molar-refractivity contribution >= 4 is 18.0 Å². The van der Waals surface area contributed by atoms with Crippen LogP contribution in [0.1, 0.15) is 41.9 Å². The largest absolute Gasteiger partial charge is 0.463 e. The fraction of sp³-hybridized carbons (Fsp3) is 0.333. The number of ether oxygens (including phenoxy) is 2. The monoisotopic (exact) mass is 426 g/mol. The van der Waals surface area contributed by atoms with Gasteiger partial charge in [0.15, 0.2) is 0 Å². The zero-order valence-corrected chi connectivity index (χ0v) is 17.4. The van der Waals surface area contributed by atoms with Crippen LogP contribution in [0.4, 0.5) is 4.79 Å². The molecule has 3 heterocycles. The number of hydrogen-bond donors (Lipinski definition) is 2. The lowest BCUT2D eigenvalue weighted by Gasteiger charge is -2.28. The maximum atomic E-state index is 12.8. The summed E-state index contributed by atoms with van der Waals surface area (Å²) >= 11 is 0. The topological polar surface area (TPSA) is 136 Å². The molecule has 0 aliphatic carbocycles. The second kappa shape index (κ2) is 9.21. The molecule has 0 saturated heterocycles. The molecule has 0 saturated carbocycles. The molecule has 0 fully saturated rings. The molecule has 31 heavy (non-hydrogen) atoms. The number of amides is 2. The van der Waals surface area contributed by atoms with E-state index in [4.69, 9.17) is 13.9 Å². The van der Waals surface area contributed by atoms with E-state index in [1.165, 1.54) is 0 Å². The van der Waals surface area contributed by atoms with Gasteiger partial charge in [-0.2, -0.15) is 5.26 Å². The third kappa shape index (κ3) is 4.30. The zero-order chi connectivity index (χ0) is 22.5. The number of carbonyl (C=O) groups is 3. The van der Waals surface area contributed by atoms with Gasteiger partial charge in [-0.05, 0) is 32.4 Å². The van der Waals surface area contributed by atoms with Crippen LogP contribution in [0.2, 0.25) is 0 Å². The molecule has 0 bridgehead atoms. The number of aromatic nitrogens is 1. The van der Waals surface area contributed by atoms with Gasteiger partial charge in [-0.25, -0.2) is 14.4 Å². The van der Waals surface area contributed by atoms with E-state index < -0.39 is 24.0 Å². The number of esters is 2. The van der Waals surface area contributed by atoms with Gasteiger partial charge >= 0.3 is 18.0 Å². The van der Waals surface area contributed by atoms with Crippen molar-refractivity contribution in [2.45, 2.75) is 33.2 Å². The summed E-state index contributed by atoms with van der Waals surface area (Å²) in [5.41, 5.74) is 0.331. The zero-order valence-electron chi connectivity index (χ0n) is 17.4. The molecule has 1 atom stereocenters. The van der Waals surface area contributed by atoms with E-state index in [1.807, 2.05) is 6.07 Å². The summed E-state index contributed by atoms with van der Waals surface area (Å²) < 4.78 is 17.6. The van der Waals surface area contributed by atoms with Crippen molar-refractivity contribution in [1.82, 2.24) is 15.2 Å². The summed E-state index contributed by atoms with van der Waals surface area (Å²) in [7, 11) is 0. The maximum Gasteiger partial charge on any atom is 0.343 e. The smallest absolute Gasteiger partial charge is 0.343 e. The Balaban J connectivity index is 1.89. The van der Waals surface area contributed by atoms with Gasteiger partial charge in [-0.3, -0.25) is 4.57 Å². The molecule has 2 aromatic heterocycles. The van der Waals surface area contributed by atoms with Gasteiger partial charge in [-0.1, -0.05) is 6.92 Å². The second-order valence-electron chi connectivity index (χ2n) is 6.66. The number of nitriles is 1. The predicted molar refractivity (Wildman–Crippen MR) is 107 cm³/mol. The Bertz CT molecular complexity index is 1070. The van der Waals surface area contributed by atoms with Crippen LogP contribution in [0, 0.1) is 18.3 Å². The van der Waals surface area contributed by atoms with Crippen LogP contribution in [0.5, 0.6) is 0 Å². The predicted octanol–water partition coefficient (Wildman–Crippen LogP) is 2.32. The number of rotatable bonds is 7. The highest BCUT2D eigenvalue weighted by Crippen LogP contribution is 2.26. The van der Waals surface area contributed by atoms with Crippen molar-refractivity contribution in [3.05, 3.63) is 52.7 Å². The van der Waals surface area contributed by atoms with E-state index >= 15 is 0 Å². The van der Waals surface area contributed by atoms with Crippen molar-refractivity contribution in [1.29, 1.82) is 5.26 Å². The number of nitrogens with zero attached hydrogens (tertiary/aromatic N) is 2. The molecule has 162 valence electrons. The number of carbonyl (C=O) groups excluding carboxylic acids is 3. The Morgan fingerprint density at radius 2 is 1.94 bits per heavy atom. The molecule has 3 rings (SSSR count). The van der Waals surface area contributed by atoms with Crippen LogP contribution in [-0.4, -0.2) is 41.8 Å². The van der Waals surface area contributed by atoms with Gasteiger partial charge < -0.3 is 24.5 Å². The summed E-state index contributed by atoms with van der Waals surface area (Å²) in [4.78, 5) is 37.2. The lowest BCUT2D eigenvalue weighted by atomic mass is 10.0. The summed E-state index contributed by atoms with van der Waals surface area (Å²) in [6.45, 7) is 4.79. The molecule has 0 radical (unpaired) electrons. The van der Waals surface area contributed by atoms with Crippen molar-refractivity contribution in [2.75, 3.05) is 13.2 Å². The maximum absolute atomic E-state index is 12.8. The first-order valence-corrected chi connectivity index (χ1v) is 9.72. The van der Waals surface area contributed by atoms with Gasteiger partial charge in [0.05, 0.1) is 23.9 Å². The van der Waals surface area contributed by atoms with Gasteiger partial charge in [0, 0.05) is 12.4 Å². The van der Waals surface area contributed by atoms with E-state index in [-0.39, 0.29) is 47.3 Å². The van der Waals surface area contributed by atoms with Crippen LogP contribution >= 0.6 is 0 Å². The molecule has 1 aliphatic heterocycles. The highest BCUT2D eigenvalue weighted by atomic mass is 16.5. The summed E-state index contributed by atoms with van der Waals surface area (Å²) in [6, 6.07) is 4.39. The number of urea groups is 1. The molecule has 1 unspecified atom stereocenters. The molecule has 0 aromatic carbocycles. The van der Waals surface area contributed by atoms with Crippen LogP contribution < -0.4 is 10.6 Å². The third-order valence-corrected chi connectivity index (χ3v) is 4.72. The normalized spacial score (nSPS) is 15.7. The van der Waals surface area contributed by atoms with Gasteiger partial charge in [0.2, 0.25) is 5.88 Å². The van der Waals surface area contributed by atoms with Crippen LogP contribution in [-0.2, 0) is 14.3 Å². The number of hydrogen-bond acceptors (Lipinski definition) is 7. The number of aryl methyl sites for hydroxylation is 1. The quantitative estimate of drug-likeness (QED) is 0.649. The second-order valence-corrected chi connectivity index (χ2v) is 6.66. The summed E-state index contributed by atoms with van der Waals surface area (Å²) in [6.07, 6.45) is 3.80. The van der Waals surface area contributed by atoms with Gasteiger partial charge in [0.1, 0.15) is 29.6 Å². The summed E-state index contributed by atoms with van der Waals surface area (Å²) in [5.74, 6) is -1.01. The first-order valence-electron chi connectivity index (χ1n) is 9.72. The van der Waals surface area contributed by atoms with E-state index in [9.17, 15) is 19.6 Å². The van der Waals surface area contributed by atoms with E-state index in [1.54, 1.807) is 49.9 Å². The molecule has 2 amide bonds. The lowest BCUT2D eigenvalue weighted by molar-refractivity contribution is -0.139. The minimum atomic E-state index is -0.812. The van der Waals surface area contributed by atoms with Gasteiger partial charge in [0.25, 0.3) is 0 Å². The van der Waals surface area contributed by atoms with Crippen molar-refractivity contribution in [2.24, 2.45) is 0 Å². The molecule has 10 heteroatoms. The van der Waals surface area contributed by atoms with Crippen LogP contribution in [0.25, 0.3) is 5.88 Å². The minimum Gasteiger partial charge on any atom is -0.463 e. The third-order valence-electron chi connectivity index (χ3n) is 4.72. The summed E-state index contributed by atoms with van der Waals surface area (Å²) in [5, 5.41) is 14.7.